The molecule has 19 heavy (non-hydrogen) atoms. The lowest BCUT2D eigenvalue weighted by Crippen LogP contribution is -2.42. The number of carbonyl (C=O) groups is 1. The van der Waals surface area contributed by atoms with Gasteiger partial charge in [-0.05, 0) is 53.6 Å². The third kappa shape index (κ3) is 3.70. The molecule has 1 aliphatic heterocycles. The standard InChI is InChI=1S/C14H17BrINO2/c15-10-5-6-13(16)12(8-10)14(19)17-7-3-1-2-4-11(17)9-18/h5-6,8,11,18H,1-4,7,9H2. The summed E-state index contributed by atoms with van der Waals surface area (Å²) >= 11 is 5.60. The predicted molar refractivity (Wildman–Crippen MR) is 87.2 cm³/mol. The number of carbonyl (C=O) groups excluding carboxylic acids is 1. The van der Waals surface area contributed by atoms with E-state index in [1.807, 2.05) is 23.1 Å². The van der Waals surface area contributed by atoms with E-state index in [9.17, 15) is 9.90 Å². The lowest BCUT2D eigenvalue weighted by Gasteiger charge is -2.29. The van der Waals surface area contributed by atoms with Crippen LogP contribution >= 0.6 is 38.5 Å². The van der Waals surface area contributed by atoms with Crippen molar-refractivity contribution >= 4 is 44.4 Å². The molecule has 0 spiro atoms. The molecule has 1 amide bonds. The molecule has 1 fully saturated rings. The van der Waals surface area contributed by atoms with Gasteiger partial charge in [-0.2, -0.15) is 0 Å². The molecular formula is C14H17BrINO2. The zero-order valence-electron chi connectivity index (χ0n) is 10.6. The average Bonchev–Trinajstić information content (AvgIpc) is 2.65. The Kier molecular flexibility index (Phi) is 5.65. The van der Waals surface area contributed by atoms with Crippen LogP contribution < -0.4 is 0 Å². The van der Waals surface area contributed by atoms with Gasteiger partial charge in [-0.15, -0.1) is 0 Å². The van der Waals surface area contributed by atoms with Crippen molar-refractivity contribution < 1.29 is 9.90 Å². The summed E-state index contributed by atoms with van der Waals surface area (Å²) in [5, 5.41) is 9.50. The summed E-state index contributed by atoms with van der Waals surface area (Å²) in [6.07, 6.45) is 4.14. The highest BCUT2D eigenvalue weighted by Gasteiger charge is 2.26. The maximum atomic E-state index is 12.7. The number of hydrogen-bond donors (Lipinski definition) is 1. The zero-order valence-corrected chi connectivity index (χ0v) is 14.4. The van der Waals surface area contributed by atoms with Crippen molar-refractivity contribution in [3.63, 3.8) is 0 Å². The Labute approximate surface area is 135 Å². The molecule has 1 heterocycles. The lowest BCUT2D eigenvalue weighted by molar-refractivity contribution is 0.0598. The van der Waals surface area contributed by atoms with E-state index < -0.39 is 0 Å². The zero-order chi connectivity index (χ0) is 13.8. The van der Waals surface area contributed by atoms with Gasteiger partial charge in [0.15, 0.2) is 0 Å². The number of aliphatic hydroxyl groups is 1. The van der Waals surface area contributed by atoms with Gasteiger partial charge in [-0.1, -0.05) is 28.8 Å². The molecule has 2 rings (SSSR count). The number of aliphatic hydroxyl groups excluding tert-OH is 1. The van der Waals surface area contributed by atoms with Crippen molar-refractivity contribution in [3.05, 3.63) is 31.8 Å². The molecular weight excluding hydrogens is 421 g/mol. The van der Waals surface area contributed by atoms with Gasteiger partial charge in [0.25, 0.3) is 5.91 Å². The molecule has 1 unspecified atom stereocenters. The molecule has 1 N–H and O–H groups in total. The smallest absolute Gasteiger partial charge is 0.255 e. The lowest BCUT2D eigenvalue weighted by atomic mass is 10.1. The maximum absolute atomic E-state index is 12.7. The van der Waals surface area contributed by atoms with Crippen molar-refractivity contribution in [3.8, 4) is 0 Å². The van der Waals surface area contributed by atoms with Gasteiger partial charge >= 0.3 is 0 Å². The number of halogens is 2. The van der Waals surface area contributed by atoms with Crippen LogP contribution in [-0.2, 0) is 0 Å². The molecule has 104 valence electrons. The number of benzene rings is 1. The quantitative estimate of drug-likeness (QED) is 0.720. The Balaban J connectivity index is 2.27. The molecule has 1 aromatic rings. The van der Waals surface area contributed by atoms with Crippen molar-refractivity contribution in [1.29, 1.82) is 0 Å². The van der Waals surface area contributed by atoms with E-state index in [4.69, 9.17) is 0 Å². The average molecular weight is 438 g/mol. The molecule has 0 saturated carbocycles. The Morgan fingerprint density at radius 3 is 2.95 bits per heavy atom. The van der Waals surface area contributed by atoms with E-state index in [0.29, 0.717) is 0 Å². The maximum Gasteiger partial charge on any atom is 0.255 e. The summed E-state index contributed by atoms with van der Waals surface area (Å²) in [4.78, 5) is 14.5. The summed E-state index contributed by atoms with van der Waals surface area (Å²) in [5.41, 5.74) is 0.718. The van der Waals surface area contributed by atoms with Crippen molar-refractivity contribution in [1.82, 2.24) is 4.90 Å². The molecule has 0 bridgehead atoms. The molecule has 0 radical (unpaired) electrons. The summed E-state index contributed by atoms with van der Waals surface area (Å²) in [5.74, 6) is 0.0339. The summed E-state index contributed by atoms with van der Waals surface area (Å²) in [6, 6.07) is 5.70. The first-order valence-electron chi connectivity index (χ1n) is 6.50. The number of likely N-dealkylation sites (tertiary alicyclic amines) is 1. The first-order valence-corrected chi connectivity index (χ1v) is 8.37. The molecule has 1 atom stereocenters. The van der Waals surface area contributed by atoms with Gasteiger partial charge in [0.1, 0.15) is 0 Å². The van der Waals surface area contributed by atoms with Gasteiger partial charge in [0.2, 0.25) is 0 Å². The first-order chi connectivity index (χ1) is 9.13. The summed E-state index contributed by atoms with van der Waals surface area (Å²) in [6.45, 7) is 0.795. The fraction of sp³-hybridized carbons (Fsp3) is 0.500. The van der Waals surface area contributed by atoms with E-state index in [1.165, 1.54) is 0 Å². The number of hydrogen-bond acceptors (Lipinski definition) is 2. The Morgan fingerprint density at radius 1 is 1.42 bits per heavy atom. The molecule has 0 aromatic heterocycles. The minimum absolute atomic E-state index is 0.0339. The highest BCUT2D eigenvalue weighted by molar-refractivity contribution is 14.1. The van der Waals surface area contributed by atoms with Crippen LogP contribution in [0.25, 0.3) is 0 Å². The second-order valence-electron chi connectivity index (χ2n) is 4.81. The van der Waals surface area contributed by atoms with Crippen LogP contribution in [0.1, 0.15) is 36.0 Å². The van der Waals surface area contributed by atoms with Crippen molar-refractivity contribution in [2.45, 2.75) is 31.7 Å². The SMILES string of the molecule is O=C(c1cc(Br)ccc1I)N1CCCCCC1CO. The van der Waals surface area contributed by atoms with Gasteiger partial charge in [0, 0.05) is 14.6 Å². The van der Waals surface area contributed by atoms with Crippen molar-refractivity contribution in [2.24, 2.45) is 0 Å². The molecule has 0 aliphatic carbocycles. The van der Waals surface area contributed by atoms with E-state index in [1.54, 1.807) is 0 Å². The predicted octanol–water partition coefficient (Wildman–Crippen LogP) is 3.43. The molecule has 1 aromatic carbocycles. The van der Waals surface area contributed by atoms with Crippen LogP contribution in [0, 0.1) is 3.57 Å². The third-order valence-electron chi connectivity index (χ3n) is 3.51. The minimum Gasteiger partial charge on any atom is -0.394 e. The highest BCUT2D eigenvalue weighted by atomic mass is 127. The van der Waals surface area contributed by atoms with E-state index in [0.717, 1.165) is 45.8 Å². The Morgan fingerprint density at radius 2 is 2.21 bits per heavy atom. The number of amides is 1. The summed E-state index contributed by atoms with van der Waals surface area (Å²) < 4.78 is 1.86. The van der Waals surface area contributed by atoms with Gasteiger partial charge in [-0.3, -0.25) is 4.79 Å². The van der Waals surface area contributed by atoms with E-state index in [-0.39, 0.29) is 18.6 Å². The van der Waals surface area contributed by atoms with E-state index in [2.05, 4.69) is 38.5 Å². The van der Waals surface area contributed by atoms with E-state index >= 15 is 0 Å². The second-order valence-corrected chi connectivity index (χ2v) is 6.89. The molecule has 3 nitrogen and oxygen atoms in total. The van der Waals surface area contributed by atoms with Crippen LogP contribution in [-0.4, -0.2) is 35.1 Å². The third-order valence-corrected chi connectivity index (χ3v) is 4.94. The van der Waals surface area contributed by atoms with Crippen LogP contribution in [0.3, 0.4) is 0 Å². The Hall–Kier alpha value is -0.140. The normalized spacial score (nSPS) is 20.2. The minimum atomic E-state index is -0.0372. The fourth-order valence-electron chi connectivity index (χ4n) is 2.45. The van der Waals surface area contributed by atoms with Gasteiger partial charge in [0.05, 0.1) is 18.2 Å². The Bertz CT molecular complexity index is 467. The monoisotopic (exact) mass is 437 g/mol. The van der Waals surface area contributed by atoms with Gasteiger partial charge in [-0.25, -0.2) is 0 Å². The summed E-state index contributed by atoms with van der Waals surface area (Å²) in [7, 11) is 0. The van der Waals surface area contributed by atoms with Crippen LogP contribution in [0.15, 0.2) is 22.7 Å². The largest absolute Gasteiger partial charge is 0.394 e. The second kappa shape index (κ2) is 7.04. The fourth-order valence-corrected chi connectivity index (χ4v) is 3.38. The topological polar surface area (TPSA) is 40.5 Å². The van der Waals surface area contributed by atoms with Crippen molar-refractivity contribution in [2.75, 3.05) is 13.2 Å². The molecule has 1 aliphatic rings. The van der Waals surface area contributed by atoms with Crippen LogP contribution in [0.5, 0.6) is 0 Å². The number of nitrogens with zero attached hydrogens (tertiary/aromatic N) is 1. The van der Waals surface area contributed by atoms with Crippen LogP contribution in [0.2, 0.25) is 0 Å². The number of rotatable bonds is 2. The molecule has 1 saturated heterocycles. The first kappa shape index (κ1) is 15.3. The highest BCUT2D eigenvalue weighted by Crippen LogP contribution is 2.24. The molecule has 5 heteroatoms. The van der Waals surface area contributed by atoms with Crippen LogP contribution in [0.4, 0.5) is 0 Å². The van der Waals surface area contributed by atoms with Gasteiger partial charge < -0.3 is 10.0 Å².